The van der Waals surface area contributed by atoms with Gasteiger partial charge in [0.2, 0.25) is 0 Å². The highest BCUT2D eigenvalue weighted by Crippen LogP contribution is 2.35. The van der Waals surface area contributed by atoms with Crippen molar-refractivity contribution in [1.29, 1.82) is 0 Å². The summed E-state index contributed by atoms with van der Waals surface area (Å²) < 4.78 is 28.1. The predicted molar refractivity (Wildman–Crippen MR) is 54.2 cm³/mol. The molecule has 0 amide bonds. The van der Waals surface area contributed by atoms with Gasteiger partial charge in [0.25, 0.3) is 0 Å². The maximum Gasteiger partial charge on any atom is 0.331 e. The monoisotopic (exact) mass is 261 g/mol. The number of hydrogen-bond donors (Lipinski definition) is 0. The summed E-state index contributed by atoms with van der Waals surface area (Å²) in [5, 5.41) is 0. The molecule has 1 saturated heterocycles. The first-order valence-corrected chi connectivity index (χ1v) is 5.29. The first-order chi connectivity index (χ1) is 6.60. The van der Waals surface area contributed by atoms with Gasteiger partial charge in [0.05, 0.1) is 0 Å². The summed E-state index contributed by atoms with van der Waals surface area (Å²) in [7, 11) is 0. The molecule has 1 aromatic carbocycles. The lowest BCUT2D eigenvalue weighted by Crippen LogP contribution is -2.48. The minimum atomic E-state index is -2.81. The van der Waals surface area contributed by atoms with Crippen LogP contribution in [0.15, 0.2) is 28.7 Å². The molecular weight excluding hydrogens is 252 g/mol. The highest BCUT2D eigenvalue weighted by Gasteiger charge is 2.41. The third kappa shape index (κ3) is 1.68. The van der Waals surface area contributed by atoms with Crippen LogP contribution in [0, 0.1) is 0 Å². The Bertz CT molecular complexity index is 319. The Kier molecular flexibility index (Phi) is 2.58. The quantitative estimate of drug-likeness (QED) is 0.740. The van der Waals surface area contributed by atoms with E-state index < -0.39 is 6.05 Å². The number of rotatable bonds is 2. The lowest BCUT2D eigenvalue weighted by molar-refractivity contribution is -0.180. The smallest absolute Gasteiger partial charge is 0.240 e. The summed E-state index contributed by atoms with van der Waals surface area (Å²) in [6.45, 7) is 0.978. The molecule has 4 heteroatoms. The van der Waals surface area contributed by atoms with Gasteiger partial charge in [-0.3, -0.25) is 0 Å². The Morgan fingerprint density at radius 1 is 1.14 bits per heavy atom. The molecule has 1 aliphatic heterocycles. The zero-order chi connectivity index (χ0) is 10.2. The summed E-state index contributed by atoms with van der Waals surface area (Å²) in [5.41, 5.74) is 0.0698. The molecular formula is C10H10BrF2N. The third-order valence-electron chi connectivity index (χ3n) is 2.44. The SMILES string of the molecule is FC(F)(c1ccc(Br)cc1)N1CCC1. The molecule has 1 aromatic rings. The van der Waals surface area contributed by atoms with Crippen LogP contribution in [-0.2, 0) is 6.05 Å². The summed E-state index contributed by atoms with van der Waals surface area (Å²) in [6, 6.07) is 3.40. The topological polar surface area (TPSA) is 3.24 Å². The molecule has 0 aliphatic carbocycles. The second-order valence-electron chi connectivity index (χ2n) is 3.39. The van der Waals surface area contributed by atoms with E-state index in [2.05, 4.69) is 15.9 Å². The van der Waals surface area contributed by atoms with Gasteiger partial charge in [-0.05, 0) is 18.6 Å². The predicted octanol–water partition coefficient (Wildman–Crippen LogP) is 3.20. The third-order valence-corrected chi connectivity index (χ3v) is 2.97. The molecule has 0 bridgehead atoms. The normalized spacial score (nSPS) is 17.9. The van der Waals surface area contributed by atoms with E-state index in [1.165, 1.54) is 17.0 Å². The average molecular weight is 262 g/mol. The number of alkyl halides is 2. The van der Waals surface area contributed by atoms with Crippen molar-refractivity contribution in [3.63, 3.8) is 0 Å². The lowest BCUT2D eigenvalue weighted by Gasteiger charge is -2.37. The number of halogens is 3. The Labute approximate surface area is 89.8 Å². The minimum Gasteiger partial charge on any atom is -0.240 e. The average Bonchev–Trinajstić information content (AvgIpc) is 2.00. The Balaban J connectivity index is 2.23. The summed E-state index contributed by atoms with van der Waals surface area (Å²) >= 11 is 3.22. The van der Waals surface area contributed by atoms with Crippen LogP contribution >= 0.6 is 15.9 Å². The van der Waals surface area contributed by atoms with Gasteiger partial charge in [-0.1, -0.05) is 28.1 Å². The van der Waals surface area contributed by atoms with Crippen LogP contribution in [0.4, 0.5) is 8.78 Å². The summed E-state index contributed by atoms with van der Waals surface area (Å²) in [4.78, 5) is 1.19. The highest BCUT2D eigenvalue weighted by atomic mass is 79.9. The van der Waals surface area contributed by atoms with Crippen LogP contribution in [0.2, 0.25) is 0 Å². The van der Waals surface area contributed by atoms with Crippen molar-refractivity contribution in [1.82, 2.24) is 4.90 Å². The van der Waals surface area contributed by atoms with E-state index in [1.807, 2.05) is 0 Å². The van der Waals surface area contributed by atoms with Crippen molar-refractivity contribution in [2.24, 2.45) is 0 Å². The lowest BCUT2D eigenvalue weighted by atomic mass is 10.1. The minimum absolute atomic E-state index is 0.0698. The standard InChI is InChI=1S/C10H10BrF2N/c11-9-4-2-8(3-5-9)10(12,13)14-6-1-7-14/h2-5H,1,6-7H2. The first-order valence-electron chi connectivity index (χ1n) is 4.49. The van der Waals surface area contributed by atoms with Gasteiger partial charge in [0.1, 0.15) is 0 Å². The van der Waals surface area contributed by atoms with E-state index in [1.54, 1.807) is 12.1 Å². The zero-order valence-corrected chi connectivity index (χ0v) is 9.10. The van der Waals surface area contributed by atoms with Crippen LogP contribution in [0.1, 0.15) is 12.0 Å². The Morgan fingerprint density at radius 2 is 1.71 bits per heavy atom. The second kappa shape index (κ2) is 3.59. The largest absolute Gasteiger partial charge is 0.331 e. The van der Waals surface area contributed by atoms with Crippen molar-refractivity contribution in [2.75, 3.05) is 13.1 Å². The fraction of sp³-hybridized carbons (Fsp3) is 0.400. The molecule has 0 saturated carbocycles. The van der Waals surface area contributed by atoms with Gasteiger partial charge >= 0.3 is 6.05 Å². The van der Waals surface area contributed by atoms with Gasteiger partial charge in [0, 0.05) is 23.1 Å². The Morgan fingerprint density at radius 3 is 2.14 bits per heavy atom. The van der Waals surface area contributed by atoms with E-state index in [9.17, 15) is 8.78 Å². The fourth-order valence-electron chi connectivity index (χ4n) is 1.43. The molecule has 0 N–H and O–H groups in total. The van der Waals surface area contributed by atoms with Crippen molar-refractivity contribution < 1.29 is 8.78 Å². The Hall–Kier alpha value is -0.480. The van der Waals surface area contributed by atoms with E-state index in [0.717, 1.165) is 10.9 Å². The van der Waals surface area contributed by atoms with E-state index in [0.29, 0.717) is 13.1 Å². The number of likely N-dealkylation sites (tertiary alicyclic amines) is 1. The number of hydrogen-bond acceptors (Lipinski definition) is 1. The molecule has 1 nitrogen and oxygen atoms in total. The number of nitrogens with zero attached hydrogens (tertiary/aromatic N) is 1. The maximum absolute atomic E-state index is 13.6. The van der Waals surface area contributed by atoms with Crippen molar-refractivity contribution in [3.8, 4) is 0 Å². The molecule has 2 rings (SSSR count). The van der Waals surface area contributed by atoms with Crippen molar-refractivity contribution in [3.05, 3.63) is 34.3 Å². The number of benzene rings is 1. The van der Waals surface area contributed by atoms with Gasteiger partial charge in [-0.2, -0.15) is 8.78 Å². The second-order valence-corrected chi connectivity index (χ2v) is 4.30. The van der Waals surface area contributed by atoms with E-state index in [4.69, 9.17) is 0 Å². The molecule has 0 atom stereocenters. The van der Waals surface area contributed by atoms with Crippen molar-refractivity contribution in [2.45, 2.75) is 12.5 Å². The van der Waals surface area contributed by atoms with Gasteiger partial charge in [0.15, 0.2) is 0 Å². The van der Waals surface area contributed by atoms with Crippen LogP contribution in [0.3, 0.4) is 0 Å². The van der Waals surface area contributed by atoms with E-state index in [-0.39, 0.29) is 5.56 Å². The van der Waals surface area contributed by atoms with E-state index >= 15 is 0 Å². The van der Waals surface area contributed by atoms with Gasteiger partial charge in [-0.25, -0.2) is 4.90 Å². The van der Waals surface area contributed by atoms with Crippen LogP contribution in [0.5, 0.6) is 0 Å². The molecule has 14 heavy (non-hydrogen) atoms. The molecule has 1 aliphatic rings. The molecule has 0 spiro atoms. The summed E-state index contributed by atoms with van der Waals surface area (Å²) in [6.07, 6.45) is 0.867. The first kappa shape index (κ1) is 10.1. The van der Waals surface area contributed by atoms with Gasteiger partial charge < -0.3 is 0 Å². The maximum atomic E-state index is 13.6. The summed E-state index contributed by atoms with van der Waals surface area (Å²) in [5.74, 6) is 0. The molecule has 1 heterocycles. The molecule has 1 fully saturated rings. The molecule has 0 unspecified atom stereocenters. The van der Waals surface area contributed by atoms with Gasteiger partial charge in [-0.15, -0.1) is 0 Å². The highest BCUT2D eigenvalue weighted by molar-refractivity contribution is 9.10. The molecule has 0 radical (unpaired) electrons. The van der Waals surface area contributed by atoms with Crippen molar-refractivity contribution >= 4 is 15.9 Å². The molecule has 0 aromatic heterocycles. The van der Waals surface area contributed by atoms with Crippen LogP contribution in [-0.4, -0.2) is 18.0 Å². The fourth-order valence-corrected chi connectivity index (χ4v) is 1.69. The molecule has 76 valence electrons. The zero-order valence-electron chi connectivity index (χ0n) is 7.51. The van der Waals surface area contributed by atoms with Crippen LogP contribution < -0.4 is 0 Å². The van der Waals surface area contributed by atoms with Crippen LogP contribution in [0.25, 0.3) is 0 Å².